The maximum atomic E-state index is 10.9. The number of piperidine rings is 1. The SMILES string of the molecule is C=O.CCC(=O)NCCc1ccccc1.CCC1=C(C)OC(c2ccc(CN3CCCCC3)cc2)N1C. The molecule has 1 fully saturated rings. The van der Waals surface area contributed by atoms with Crippen molar-refractivity contribution in [2.45, 2.75) is 72.1 Å². The van der Waals surface area contributed by atoms with Crippen LogP contribution in [0, 0.1) is 0 Å². The van der Waals surface area contributed by atoms with Crippen molar-refractivity contribution >= 4 is 12.7 Å². The van der Waals surface area contributed by atoms with E-state index in [0.717, 1.165) is 31.7 Å². The van der Waals surface area contributed by atoms with Gasteiger partial charge in [-0.3, -0.25) is 9.69 Å². The van der Waals surface area contributed by atoms with Crippen LogP contribution in [-0.4, -0.2) is 49.2 Å². The molecular formula is C31H45N3O3. The molecule has 2 aliphatic rings. The van der Waals surface area contributed by atoms with E-state index in [1.807, 2.05) is 31.9 Å². The van der Waals surface area contributed by atoms with Crippen molar-refractivity contribution in [1.82, 2.24) is 15.1 Å². The van der Waals surface area contributed by atoms with E-state index in [1.165, 1.54) is 54.7 Å². The molecule has 2 aromatic rings. The molecule has 202 valence electrons. The number of likely N-dealkylation sites (tertiary alicyclic amines) is 1. The van der Waals surface area contributed by atoms with Crippen molar-refractivity contribution in [2.75, 3.05) is 26.7 Å². The molecule has 0 spiro atoms. The van der Waals surface area contributed by atoms with Crippen molar-refractivity contribution in [3.05, 3.63) is 82.7 Å². The van der Waals surface area contributed by atoms with Gasteiger partial charge in [-0.2, -0.15) is 0 Å². The van der Waals surface area contributed by atoms with Crippen LogP contribution in [0.1, 0.15) is 75.8 Å². The Labute approximate surface area is 223 Å². The van der Waals surface area contributed by atoms with E-state index in [9.17, 15) is 4.79 Å². The number of rotatable bonds is 8. The lowest BCUT2D eigenvalue weighted by Crippen LogP contribution is -2.29. The van der Waals surface area contributed by atoms with Crippen LogP contribution >= 0.6 is 0 Å². The third-order valence-corrected chi connectivity index (χ3v) is 6.83. The van der Waals surface area contributed by atoms with Gasteiger partial charge in [-0.05, 0) is 56.8 Å². The quantitative estimate of drug-likeness (QED) is 0.486. The van der Waals surface area contributed by atoms with Gasteiger partial charge in [0.2, 0.25) is 5.91 Å². The number of hydrogen-bond donors (Lipinski definition) is 1. The Morgan fingerprint density at radius 2 is 1.62 bits per heavy atom. The first-order chi connectivity index (χ1) is 18.0. The van der Waals surface area contributed by atoms with Gasteiger partial charge < -0.3 is 19.7 Å². The van der Waals surface area contributed by atoms with Crippen molar-refractivity contribution < 1.29 is 14.3 Å². The summed E-state index contributed by atoms with van der Waals surface area (Å²) in [6, 6.07) is 19.1. The molecule has 1 atom stereocenters. The van der Waals surface area contributed by atoms with E-state index < -0.39 is 0 Å². The minimum Gasteiger partial charge on any atom is -0.469 e. The maximum absolute atomic E-state index is 10.9. The number of carbonyl (C=O) groups excluding carboxylic acids is 2. The number of allylic oxidation sites excluding steroid dienone is 2. The van der Waals surface area contributed by atoms with E-state index in [4.69, 9.17) is 9.53 Å². The summed E-state index contributed by atoms with van der Waals surface area (Å²) in [6.07, 6.45) is 6.63. The Balaban J connectivity index is 0.000000275. The molecule has 2 heterocycles. The third-order valence-electron chi connectivity index (χ3n) is 6.83. The smallest absolute Gasteiger partial charge is 0.219 e. The van der Waals surface area contributed by atoms with Crippen molar-refractivity contribution in [2.24, 2.45) is 0 Å². The molecule has 37 heavy (non-hydrogen) atoms. The molecule has 2 aliphatic heterocycles. The molecule has 0 aromatic heterocycles. The highest BCUT2D eigenvalue weighted by atomic mass is 16.5. The van der Waals surface area contributed by atoms with Crippen LogP contribution in [0.2, 0.25) is 0 Å². The minimum atomic E-state index is 0.0407. The predicted octanol–water partition coefficient (Wildman–Crippen LogP) is 5.85. The van der Waals surface area contributed by atoms with Gasteiger partial charge in [0, 0.05) is 32.1 Å². The predicted molar refractivity (Wildman–Crippen MR) is 151 cm³/mol. The summed E-state index contributed by atoms with van der Waals surface area (Å²) in [5.74, 6) is 1.18. The first-order valence-corrected chi connectivity index (χ1v) is 13.5. The fraction of sp³-hybridized carbons (Fsp3) is 0.484. The molecule has 1 unspecified atom stereocenters. The van der Waals surface area contributed by atoms with Crippen molar-refractivity contribution in [3.63, 3.8) is 0 Å². The molecule has 0 bridgehead atoms. The largest absolute Gasteiger partial charge is 0.469 e. The number of hydrogen-bond acceptors (Lipinski definition) is 5. The van der Waals surface area contributed by atoms with Gasteiger partial charge in [-0.1, -0.05) is 74.9 Å². The Morgan fingerprint density at radius 3 is 2.19 bits per heavy atom. The van der Waals surface area contributed by atoms with Gasteiger partial charge in [-0.15, -0.1) is 0 Å². The monoisotopic (exact) mass is 507 g/mol. The molecule has 1 amide bonds. The maximum Gasteiger partial charge on any atom is 0.219 e. The second kappa shape index (κ2) is 16.6. The lowest BCUT2D eigenvalue weighted by atomic mass is 10.1. The van der Waals surface area contributed by atoms with Crippen LogP contribution in [0.15, 0.2) is 66.1 Å². The second-order valence-electron chi connectivity index (χ2n) is 9.46. The number of ether oxygens (including phenoxy) is 1. The van der Waals surface area contributed by atoms with E-state index in [-0.39, 0.29) is 12.1 Å². The van der Waals surface area contributed by atoms with Crippen LogP contribution in [-0.2, 0) is 27.3 Å². The Hall–Kier alpha value is -3.12. The van der Waals surface area contributed by atoms with Crippen LogP contribution in [0.3, 0.4) is 0 Å². The lowest BCUT2D eigenvalue weighted by Gasteiger charge is -2.27. The number of nitrogens with one attached hydrogen (secondary N) is 1. The average Bonchev–Trinajstić information content (AvgIpc) is 3.24. The van der Waals surface area contributed by atoms with Gasteiger partial charge in [-0.25, -0.2) is 0 Å². The number of carbonyl (C=O) groups is 2. The fourth-order valence-corrected chi connectivity index (χ4v) is 4.77. The van der Waals surface area contributed by atoms with Gasteiger partial charge in [0.15, 0.2) is 6.23 Å². The summed E-state index contributed by atoms with van der Waals surface area (Å²) in [7, 11) is 2.13. The summed E-state index contributed by atoms with van der Waals surface area (Å²) in [6.45, 7) is 12.4. The zero-order chi connectivity index (χ0) is 27.0. The highest BCUT2D eigenvalue weighted by Gasteiger charge is 2.28. The standard InChI is InChI=1S/C19H28N2O.C11H15NO.CH2O/c1-4-18-15(2)22-19(20(18)3)17-10-8-16(9-11-17)14-21-12-6-5-7-13-21;1-2-11(13)12-9-8-10-6-4-3-5-7-10;1-2/h8-11,19H,4-7,12-14H2,1-3H3;3-7H,2,8-9H2,1H3,(H,12,13);1H2. The van der Waals surface area contributed by atoms with Crippen LogP contribution in [0.5, 0.6) is 0 Å². The first kappa shape index (κ1) is 30.1. The van der Waals surface area contributed by atoms with Crippen LogP contribution in [0.25, 0.3) is 0 Å². The van der Waals surface area contributed by atoms with Gasteiger partial charge in [0.05, 0.1) is 5.70 Å². The Bertz CT molecular complexity index is 953. The molecule has 1 saturated heterocycles. The number of benzene rings is 2. The summed E-state index contributed by atoms with van der Waals surface area (Å²) in [5, 5.41) is 2.84. The Morgan fingerprint density at radius 1 is 0.973 bits per heavy atom. The minimum absolute atomic E-state index is 0.0407. The van der Waals surface area contributed by atoms with Gasteiger partial charge >= 0.3 is 0 Å². The van der Waals surface area contributed by atoms with E-state index in [1.54, 1.807) is 0 Å². The lowest BCUT2D eigenvalue weighted by molar-refractivity contribution is -0.120. The zero-order valence-electron chi connectivity index (χ0n) is 23.2. The second-order valence-corrected chi connectivity index (χ2v) is 9.46. The van der Waals surface area contributed by atoms with Crippen molar-refractivity contribution in [3.8, 4) is 0 Å². The van der Waals surface area contributed by atoms with E-state index in [2.05, 4.69) is 72.4 Å². The summed E-state index contributed by atoms with van der Waals surface area (Å²) < 4.78 is 6.05. The normalized spacial score (nSPS) is 17.2. The highest BCUT2D eigenvalue weighted by Crippen LogP contribution is 2.36. The molecule has 0 aliphatic carbocycles. The molecule has 6 heteroatoms. The van der Waals surface area contributed by atoms with Crippen molar-refractivity contribution in [1.29, 1.82) is 0 Å². The molecule has 1 N–H and O–H groups in total. The van der Waals surface area contributed by atoms with Crippen LogP contribution < -0.4 is 5.32 Å². The molecule has 4 rings (SSSR count). The van der Waals surface area contributed by atoms with Crippen LogP contribution in [0.4, 0.5) is 0 Å². The molecule has 2 aromatic carbocycles. The molecule has 0 radical (unpaired) electrons. The van der Waals surface area contributed by atoms with E-state index in [0.29, 0.717) is 6.42 Å². The molecule has 0 saturated carbocycles. The highest BCUT2D eigenvalue weighted by molar-refractivity contribution is 5.75. The topological polar surface area (TPSA) is 61.9 Å². The van der Waals surface area contributed by atoms with Gasteiger partial charge in [0.1, 0.15) is 12.5 Å². The average molecular weight is 508 g/mol. The number of nitrogens with zero attached hydrogens (tertiary/aromatic N) is 2. The summed E-state index contributed by atoms with van der Waals surface area (Å²) in [5.41, 5.74) is 5.22. The summed E-state index contributed by atoms with van der Waals surface area (Å²) in [4.78, 5) is 23.7. The third kappa shape index (κ3) is 9.69. The Kier molecular flexibility index (Phi) is 13.5. The van der Waals surface area contributed by atoms with E-state index >= 15 is 0 Å². The summed E-state index contributed by atoms with van der Waals surface area (Å²) >= 11 is 0. The van der Waals surface area contributed by atoms with Gasteiger partial charge in [0.25, 0.3) is 0 Å². The molecule has 6 nitrogen and oxygen atoms in total. The molecular weight excluding hydrogens is 462 g/mol. The first-order valence-electron chi connectivity index (χ1n) is 13.5. The fourth-order valence-electron chi connectivity index (χ4n) is 4.77. The zero-order valence-corrected chi connectivity index (χ0v) is 23.2. The number of amides is 1.